The summed E-state index contributed by atoms with van der Waals surface area (Å²) in [5.74, 6) is 0. The summed E-state index contributed by atoms with van der Waals surface area (Å²) in [6.07, 6.45) is 4.51. The Morgan fingerprint density at radius 3 is 3.00 bits per heavy atom. The number of piperidine rings is 1. The first kappa shape index (κ1) is 13.4. The van der Waals surface area contributed by atoms with Crippen LogP contribution in [0.25, 0.3) is 10.9 Å². The molecule has 1 aromatic carbocycles. The van der Waals surface area contributed by atoms with Crippen LogP contribution in [0.15, 0.2) is 24.3 Å². The monoisotopic (exact) mass is 284 g/mol. The van der Waals surface area contributed by atoms with Gasteiger partial charge in [0, 0.05) is 28.6 Å². The summed E-state index contributed by atoms with van der Waals surface area (Å²) in [6.45, 7) is 4.82. The molecule has 2 atom stereocenters. The van der Waals surface area contributed by atoms with E-state index >= 15 is 0 Å². The predicted octanol–water partition coefficient (Wildman–Crippen LogP) is 3.25. The SMILES string of the molecule is CC[C@@]1(CO)CCCN2CCc3c([nH]c4ccccc34)[C@@H]21. The van der Waals surface area contributed by atoms with Gasteiger partial charge in [0.25, 0.3) is 0 Å². The molecule has 2 aromatic rings. The second-order valence-electron chi connectivity index (χ2n) is 6.73. The summed E-state index contributed by atoms with van der Waals surface area (Å²) in [5.41, 5.74) is 4.13. The number of rotatable bonds is 2. The number of hydrogen-bond donors (Lipinski definition) is 2. The van der Waals surface area contributed by atoms with Gasteiger partial charge in [0.15, 0.2) is 0 Å². The van der Waals surface area contributed by atoms with Gasteiger partial charge in [-0.25, -0.2) is 0 Å². The van der Waals surface area contributed by atoms with Crippen LogP contribution in [-0.2, 0) is 6.42 Å². The molecule has 0 radical (unpaired) electrons. The third kappa shape index (κ3) is 1.80. The summed E-state index contributed by atoms with van der Waals surface area (Å²) >= 11 is 0. The number of fused-ring (bicyclic) bond motifs is 5. The van der Waals surface area contributed by atoms with Gasteiger partial charge in [0.1, 0.15) is 0 Å². The molecule has 3 heterocycles. The number of hydrogen-bond acceptors (Lipinski definition) is 2. The van der Waals surface area contributed by atoms with Crippen LogP contribution in [0.4, 0.5) is 0 Å². The molecular formula is C18H24N2O. The number of H-pyrrole nitrogens is 1. The van der Waals surface area contributed by atoms with E-state index in [-0.39, 0.29) is 5.41 Å². The topological polar surface area (TPSA) is 39.3 Å². The van der Waals surface area contributed by atoms with Crippen LogP contribution < -0.4 is 0 Å². The van der Waals surface area contributed by atoms with E-state index in [4.69, 9.17) is 0 Å². The molecule has 3 heteroatoms. The zero-order valence-electron chi connectivity index (χ0n) is 12.7. The normalized spacial score (nSPS) is 29.3. The highest BCUT2D eigenvalue weighted by molar-refractivity contribution is 5.85. The Labute approximate surface area is 126 Å². The first-order chi connectivity index (χ1) is 10.3. The first-order valence-corrected chi connectivity index (χ1v) is 8.23. The Kier molecular flexibility index (Phi) is 3.09. The molecule has 0 spiro atoms. The molecule has 3 nitrogen and oxygen atoms in total. The van der Waals surface area contributed by atoms with Crippen molar-refractivity contribution in [2.75, 3.05) is 19.7 Å². The highest BCUT2D eigenvalue weighted by atomic mass is 16.3. The van der Waals surface area contributed by atoms with E-state index in [0.717, 1.165) is 25.8 Å². The minimum Gasteiger partial charge on any atom is -0.396 e. The summed E-state index contributed by atoms with van der Waals surface area (Å²) < 4.78 is 0. The van der Waals surface area contributed by atoms with Crippen molar-refractivity contribution in [2.45, 2.75) is 38.6 Å². The third-order valence-electron chi connectivity index (χ3n) is 5.85. The third-order valence-corrected chi connectivity index (χ3v) is 5.85. The Morgan fingerprint density at radius 2 is 2.19 bits per heavy atom. The van der Waals surface area contributed by atoms with Gasteiger partial charge in [-0.15, -0.1) is 0 Å². The zero-order valence-corrected chi connectivity index (χ0v) is 12.7. The van der Waals surface area contributed by atoms with Crippen LogP contribution in [0.2, 0.25) is 0 Å². The molecule has 0 bridgehead atoms. The van der Waals surface area contributed by atoms with Crippen LogP contribution in [0.5, 0.6) is 0 Å². The van der Waals surface area contributed by atoms with E-state index < -0.39 is 0 Å². The molecule has 0 unspecified atom stereocenters. The van der Waals surface area contributed by atoms with E-state index in [9.17, 15) is 5.11 Å². The van der Waals surface area contributed by atoms with Crippen molar-refractivity contribution in [3.8, 4) is 0 Å². The number of aliphatic hydroxyl groups is 1. The van der Waals surface area contributed by atoms with Crippen LogP contribution in [-0.4, -0.2) is 34.7 Å². The lowest BCUT2D eigenvalue weighted by molar-refractivity contribution is -0.0379. The molecule has 2 N–H and O–H groups in total. The second kappa shape index (κ2) is 4.85. The van der Waals surface area contributed by atoms with Gasteiger partial charge in [0.2, 0.25) is 0 Å². The van der Waals surface area contributed by atoms with Crippen molar-refractivity contribution in [1.82, 2.24) is 9.88 Å². The average molecular weight is 284 g/mol. The Bertz CT molecular complexity index is 656. The minimum atomic E-state index is 0.0221. The maximum Gasteiger partial charge on any atom is 0.0580 e. The van der Waals surface area contributed by atoms with Crippen LogP contribution in [0.1, 0.15) is 43.5 Å². The zero-order chi connectivity index (χ0) is 14.4. The van der Waals surface area contributed by atoms with Gasteiger partial charge in [-0.05, 0) is 43.9 Å². The maximum absolute atomic E-state index is 10.1. The van der Waals surface area contributed by atoms with Crippen molar-refractivity contribution < 1.29 is 5.11 Å². The smallest absolute Gasteiger partial charge is 0.0580 e. The van der Waals surface area contributed by atoms with E-state index in [1.807, 2.05) is 0 Å². The molecule has 1 saturated heterocycles. The summed E-state index contributed by atoms with van der Waals surface area (Å²) in [5, 5.41) is 11.5. The number of aliphatic hydroxyl groups excluding tert-OH is 1. The van der Waals surface area contributed by atoms with Gasteiger partial charge >= 0.3 is 0 Å². The summed E-state index contributed by atoms with van der Waals surface area (Å²) in [6, 6.07) is 8.99. The molecule has 21 heavy (non-hydrogen) atoms. The molecule has 2 aliphatic heterocycles. The summed E-state index contributed by atoms with van der Waals surface area (Å²) in [4.78, 5) is 6.28. The molecule has 112 valence electrons. The number of para-hydroxylation sites is 1. The number of benzene rings is 1. The molecule has 0 aliphatic carbocycles. The Morgan fingerprint density at radius 1 is 1.33 bits per heavy atom. The molecule has 2 aliphatic rings. The van der Waals surface area contributed by atoms with Crippen molar-refractivity contribution >= 4 is 10.9 Å². The van der Waals surface area contributed by atoms with Gasteiger partial charge in [-0.3, -0.25) is 4.90 Å². The van der Waals surface area contributed by atoms with E-state index in [2.05, 4.69) is 41.1 Å². The Balaban J connectivity index is 1.91. The number of aromatic amines is 1. The second-order valence-corrected chi connectivity index (χ2v) is 6.73. The van der Waals surface area contributed by atoms with Crippen LogP contribution >= 0.6 is 0 Å². The largest absolute Gasteiger partial charge is 0.396 e. The highest BCUT2D eigenvalue weighted by Crippen LogP contribution is 2.51. The van der Waals surface area contributed by atoms with Crippen molar-refractivity contribution in [1.29, 1.82) is 0 Å². The van der Waals surface area contributed by atoms with Crippen molar-refractivity contribution in [3.05, 3.63) is 35.5 Å². The van der Waals surface area contributed by atoms with Gasteiger partial charge < -0.3 is 10.1 Å². The molecule has 1 fully saturated rings. The average Bonchev–Trinajstić information content (AvgIpc) is 2.92. The maximum atomic E-state index is 10.1. The van der Waals surface area contributed by atoms with Crippen LogP contribution in [0.3, 0.4) is 0 Å². The standard InChI is InChI=1S/C18H24N2O/c1-2-18(12-21)9-5-10-20-11-8-14-13-6-3-4-7-15(13)19-16(14)17(18)20/h3-4,6-7,17,19,21H,2,5,8-12H2,1H3/t17-,18+/m1/s1. The fourth-order valence-electron chi connectivity index (χ4n) is 4.64. The van der Waals surface area contributed by atoms with Gasteiger partial charge in [-0.2, -0.15) is 0 Å². The number of nitrogens with one attached hydrogen (secondary N) is 1. The predicted molar refractivity (Wildman–Crippen MR) is 85.4 cm³/mol. The number of aromatic nitrogens is 1. The lowest BCUT2D eigenvalue weighted by Crippen LogP contribution is -2.50. The summed E-state index contributed by atoms with van der Waals surface area (Å²) in [7, 11) is 0. The van der Waals surface area contributed by atoms with Crippen molar-refractivity contribution in [3.63, 3.8) is 0 Å². The van der Waals surface area contributed by atoms with Gasteiger partial charge in [0.05, 0.1) is 12.6 Å². The molecule has 1 aromatic heterocycles. The van der Waals surface area contributed by atoms with E-state index in [1.54, 1.807) is 0 Å². The fraction of sp³-hybridized carbons (Fsp3) is 0.556. The molecule has 4 rings (SSSR count). The highest BCUT2D eigenvalue weighted by Gasteiger charge is 2.47. The number of nitrogens with zero attached hydrogens (tertiary/aromatic N) is 1. The van der Waals surface area contributed by atoms with E-state index in [1.165, 1.54) is 35.1 Å². The molecular weight excluding hydrogens is 260 g/mol. The quantitative estimate of drug-likeness (QED) is 0.888. The lowest BCUT2D eigenvalue weighted by atomic mass is 9.68. The van der Waals surface area contributed by atoms with Gasteiger partial charge in [-0.1, -0.05) is 25.1 Å². The molecule has 0 saturated carbocycles. The fourth-order valence-corrected chi connectivity index (χ4v) is 4.64. The Hall–Kier alpha value is -1.32. The first-order valence-electron chi connectivity index (χ1n) is 8.23. The van der Waals surface area contributed by atoms with Crippen LogP contribution in [0, 0.1) is 5.41 Å². The lowest BCUT2D eigenvalue weighted by Gasteiger charge is -2.51. The van der Waals surface area contributed by atoms with E-state index in [0.29, 0.717) is 12.6 Å². The minimum absolute atomic E-state index is 0.0221. The molecule has 0 amide bonds. The van der Waals surface area contributed by atoms with Crippen molar-refractivity contribution in [2.24, 2.45) is 5.41 Å².